The first-order chi connectivity index (χ1) is 27.9. The molecule has 3 atom stereocenters. The average molecular weight is 764 g/mol. The van der Waals surface area contributed by atoms with Gasteiger partial charge < -0.3 is 30.0 Å². The Kier molecular flexibility index (Phi) is 10.9. The van der Waals surface area contributed by atoms with Crippen LogP contribution >= 0.6 is 0 Å². The van der Waals surface area contributed by atoms with Gasteiger partial charge in [0.05, 0.1) is 0 Å². The van der Waals surface area contributed by atoms with Gasteiger partial charge in [-0.3, -0.25) is 9.59 Å². The molecule has 8 nitrogen and oxygen atoms in total. The van der Waals surface area contributed by atoms with E-state index in [1.165, 1.54) is 65.9 Å². The molecule has 4 aliphatic heterocycles. The number of amides is 2. The van der Waals surface area contributed by atoms with Gasteiger partial charge in [-0.25, -0.2) is 0 Å². The van der Waals surface area contributed by atoms with Gasteiger partial charge in [-0.1, -0.05) is 67.2 Å². The van der Waals surface area contributed by atoms with Gasteiger partial charge in [0.15, 0.2) is 0 Å². The SMILES string of the molecule is C=C1CC[C@H](N2Cc3cc(CCN4CCCN(CC5CCN(c6ccc([C@H]7c8ccc(O)cc8CC[C@H]7c7ccccc7)cc6)CC5)CC4)ccc3C2=O)C(=O)N1. The molecule has 2 amide bonds. The first-order valence-corrected chi connectivity index (χ1v) is 21.4. The monoisotopic (exact) mass is 763 g/mol. The van der Waals surface area contributed by atoms with Crippen LogP contribution in [0.5, 0.6) is 5.75 Å². The summed E-state index contributed by atoms with van der Waals surface area (Å²) in [4.78, 5) is 35.5. The van der Waals surface area contributed by atoms with Gasteiger partial charge in [0.2, 0.25) is 5.91 Å². The summed E-state index contributed by atoms with van der Waals surface area (Å²) >= 11 is 0. The molecule has 0 spiro atoms. The van der Waals surface area contributed by atoms with Crippen LogP contribution in [0, 0.1) is 5.92 Å². The smallest absolute Gasteiger partial charge is 0.255 e. The molecular weight excluding hydrogens is 707 g/mol. The Balaban J connectivity index is 0.749. The van der Waals surface area contributed by atoms with Crippen molar-refractivity contribution in [3.8, 4) is 5.75 Å². The van der Waals surface area contributed by atoms with Crippen molar-refractivity contribution in [3.63, 3.8) is 0 Å². The summed E-state index contributed by atoms with van der Waals surface area (Å²) < 4.78 is 0. The third-order valence-electron chi connectivity index (χ3n) is 13.7. The van der Waals surface area contributed by atoms with Crippen LogP contribution in [-0.4, -0.2) is 90.0 Å². The highest BCUT2D eigenvalue weighted by atomic mass is 16.3. The van der Waals surface area contributed by atoms with Crippen LogP contribution in [0.4, 0.5) is 5.69 Å². The normalized spacial score (nSPS) is 23.6. The second-order valence-electron chi connectivity index (χ2n) is 17.3. The first-order valence-electron chi connectivity index (χ1n) is 21.4. The number of carbonyl (C=O) groups excluding carboxylic acids is 2. The van der Waals surface area contributed by atoms with E-state index in [9.17, 15) is 14.7 Å². The second-order valence-corrected chi connectivity index (χ2v) is 17.3. The van der Waals surface area contributed by atoms with Gasteiger partial charge in [0.25, 0.3) is 5.91 Å². The molecule has 4 heterocycles. The number of piperidine rings is 2. The van der Waals surface area contributed by atoms with Crippen molar-refractivity contribution in [1.82, 2.24) is 20.0 Å². The highest BCUT2D eigenvalue weighted by Gasteiger charge is 2.38. The molecule has 4 aromatic carbocycles. The molecule has 0 saturated carbocycles. The Hall–Kier alpha value is -4.92. The van der Waals surface area contributed by atoms with Crippen molar-refractivity contribution in [2.75, 3.05) is 57.3 Å². The van der Waals surface area contributed by atoms with E-state index in [1.54, 1.807) is 4.90 Å². The van der Waals surface area contributed by atoms with Crippen LogP contribution in [-0.2, 0) is 24.2 Å². The highest BCUT2D eigenvalue weighted by Crippen LogP contribution is 2.47. The predicted octanol–water partition coefficient (Wildman–Crippen LogP) is 7.47. The third kappa shape index (κ3) is 8.12. The van der Waals surface area contributed by atoms with Crippen LogP contribution in [0.2, 0.25) is 0 Å². The fourth-order valence-electron chi connectivity index (χ4n) is 10.5. The number of hydrogen-bond acceptors (Lipinski definition) is 6. The number of hydrogen-bond donors (Lipinski definition) is 2. The fourth-order valence-corrected chi connectivity index (χ4v) is 10.5. The van der Waals surface area contributed by atoms with Crippen molar-refractivity contribution in [1.29, 1.82) is 0 Å². The predicted molar refractivity (Wildman–Crippen MR) is 227 cm³/mol. The van der Waals surface area contributed by atoms with E-state index >= 15 is 0 Å². The lowest BCUT2D eigenvalue weighted by atomic mass is 9.69. The standard InChI is InChI=1S/C49H57N5O3/c1-34-8-19-46(48(56)50-34)54-33-40-30-35(9-16-45(40)49(54)57)20-25-51-23-5-24-52(29-28-51)32-36-21-26-53(27-22-36)41-13-10-38(11-14-41)47-43(37-6-3-2-4-7-37)17-12-39-31-42(55)15-18-44(39)47/h2-4,6-7,9-11,13-16,18,30-31,36,43,46-47,55H,1,5,8,12,17,19-29,32-33H2,(H,50,56)/t43-,46-,47+/m0/s1. The van der Waals surface area contributed by atoms with Gasteiger partial charge in [0.1, 0.15) is 11.8 Å². The molecular formula is C49H57N5O3. The molecule has 57 heavy (non-hydrogen) atoms. The fraction of sp³-hybridized carbons (Fsp3) is 0.429. The molecule has 0 aromatic heterocycles. The van der Waals surface area contributed by atoms with Crippen molar-refractivity contribution in [2.24, 2.45) is 5.92 Å². The Morgan fingerprint density at radius 1 is 0.737 bits per heavy atom. The minimum absolute atomic E-state index is 0.0288. The molecule has 8 heteroatoms. The molecule has 0 bridgehead atoms. The Labute approximate surface area is 338 Å². The van der Waals surface area contributed by atoms with E-state index in [0.717, 1.165) is 81.3 Å². The topological polar surface area (TPSA) is 79.4 Å². The number of fused-ring (bicyclic) bond motifs is 2. The number of carbonyl (C=O) groups is 2. The summed E-state index contributed by atoms with van der Waals surface area (Å²) in [6.45, 7) is 13.4. The van der Waals surface area contributed by atoms with E-state index < -0.39 is 6.04 Å². The molecule has 9 rings (SSSR count). The molecule has 1 aliphatic carbocycles. The van der Waals surface area contributed by atoms with Crippen LogP contribution < -0.4 is 10.2 Å². The second kappa shape index (κ2) is 16.5. The number of aryl methyl sites for hydroxylation is 1. The highest BCUT2D eigenvalue weighted by molar-refractivity contribution is 6.01. The zero-order chi connectivity index (χ0) is 38.9. The van der Waals surface area contributed by atoms with E-state index in [-0.39, 0.29) is 17.7 Å². The first kappa shape index (κ1) is 37.6. The number of nitrogens with zero attached hydrogens (tertiary/aromatic N) is 4. The van der Waals surface area contributed by atoms with E-state index in [2.05, 4.69) is 99.4 Å². The van der Waals surface area contributed by atoms with Crippen LogP contribution in [0.15, 0.2) is 103 Å². The van der Waals surface area contributed by atoms with Crippen LogP contribution in [0.3, 0.4) is 0 Å². The van der Waals surface area contributed by atoms with Crippen molar-refractivity contribution in [3.05, 3.63) is 142 Å². The Morgan fingerprint density at radius 3 is 2.33 bits per heavy atom. The number of phenols is 1. The average Bonchev–Trinajstić information content (AvgIpc) is 3.38. The Morgan fingerprint density at radius 2 is 1.53 bits per heavy atom. The molecule has 2 N–H and O–H groups in total. The maximum Gasteiger partial charge on any atom is 0.255 e. The lowest BCUT2D eigenvalue weighted by molar-refractivity contribution is -0.126. The van der Waals surface area contributed by atoms with Gasteiger partial charge in [-0.2, -0.15) is 0 Å². The van der Waals surface area contributed by atoms with Crippen molar-refractivity contribution >= 4 is 17.5 Å². The zero-order valence-corrected chi connectivity index (χ0v) is 33.3. The number of rotatable bonds is 9. The quantitative estimate of drug-likeness (QED) is 0.184. The maximum absolute atomic E-state index is 13.2. The molecule has 4 aromatic rings. The third-order valence-corrected chi connectivity index (χ3v) is 13.7. The summed E-state index contributed by atoms with van der Waals surface area (Å²) in [5.74, 6) is 1.65. The lowest BCUT2D eigenvalue weighted by Crippen LogP contribution is -2.49. The summed E-state index contributed by atoms with van der Waals surface area (Å²) in [6, 6.07) is 32.2. The van der Waals surface area contributed by atoms with E-state index in [1.807, 2.05) is 18.2 Å². The largest absolute Gasteiger partial charge is 0.508 e. The summed E-state index contributed by atoms with van der Waals surface area (Å²) in [6.07, 6.45) is 8.06. The molecule has 5 aliphatic rings. The number of nitrogens with one attached hydrogen (secondary N) is 1. The number of benzene rings is 4. The minimum Gasteiger partial charge on any atom is -0.508 e. The summed E-state index contributed by atoms with van der Waals surface area (Å²) in [5.41, 5.74) is 10.5. The van der Waals surface area contributed by atoms with E-state index in [4.69, 9.17) is 0 Å². The van der Waals surface area contributed by atoms with Crippen LogP contribution in [0.1, 0.15) is 94.1 Å². The molecule has 3 fully saturated rings. The van der Waals surface area contributed by atoms with Crippen LogP contribution in [0.25, 0.3) is 0 Å². The number of allylic oxidation sites excluding steroid dienone is 1. The molecule has 296 valence electrons. The van der Waals surface area contributed by atoms with Gasteiger partial charge in [-0.15, -0.1) is 0 Å². The summed E-state index contributed by atoms with van der Waals surface area (Å²) in [7, 11) is 0. The van der Waals surface area contributed by atoms with Gasteiger partial charge in [0, 0.05) is 68.7 Å². The maximum atomic E-state index is 13.2. The van der Waals surface area contributed by atoms with Gasteiger partial charge in [-0.05, 0) is 140 Å². The number of phenolic OH excluding ortho intramolecular Hbond substituents is 1. The molecule has 3 saturated heterocycles. The van der Waals surface area contributed by atoms with Crippen molar-refractivity contribution in [2.45, 2.75) is 75.8 Å². The lowest BCUT2D eigenvalue weighted by Gasteiger charge is -2.37. The number of aromatic hydroxyl groups is 1. The van der Waals surface area contributed by atoms with E-state index in [0.29, 0.717) is 31.1 Å². The molecule has 0 radical (unpaired) electrons. The minimum atomic E-state index is -0.415. The molecule has 0 unspecified atom stereocenters. The van der Waals surface area contributed by atoms with Crippen molar-refractivity contribution < 1.29 is 14.7 Å². The zero-order valence-electron chi connectivity index (χ0n) is 33.3. The number of anilines is 1. The summed E-state index contributed by atoms with van der Waals surface area (Å²) in [5, 5.41) is 13.1. The Bertz CT molecular complexity index is 2090. The van der Waals surface area contributed by atoms with Gasteiger partial charge >= 0.3 is 0 Å².